The number of nitrogens with zero attached hydrogens (tertiary/aromatic N) is 3. The van der Waals surface area contributed by atoms with Crippen LogP contribution in [0.3, 0.4) is 0 Å². The number of carbonyl (C=O) groups is 1. The minimum atomic E-state index is 0.124. The first kappa shape index (κ1) is 15.1. The van der Waals surface area contributed by atoms with E-state index in [1.165, 1.54) is 5.56 Å². The summed E-state index contributed by atoms with van der Waals surface area (Å²) in [5, 5.41) is 5.45. The molecule has 1 aliphatic rings. The van der Waals surface area contributed by atoms with Gasteiger partial charge in [-0.3, -0.25) is 4.79 Å². The SMILES string of the molecule is Cc1csc2c(NCCN3CCc4ccccc4C3=O)ncnc12. The van der Waals surface area contributed by atoms with E-state index in [4.69, 9.17) is 0 Å². The van der Waals surface area contributed by atoms with E-state index in [1.54, 1.807) is 17.7 Å². The maximum Gasteiger partial charge on any atom is 0.254 e. The predicted molar refractivity (Wildman–Crippen MR) is 96.7 cm³/mol. The van der Waals surface area contributed by atoms with Crippen LogP contribution in [0.5, 0.6) is 0 Å². The van der Waals surface area contributed by atoms with E-state index in [1.807, 2.05) is 29.2 Å². The third kappa shape index (κ3) is 2.63. The Labute approximate surface area is 144 Å². The van der Waals surface area contributed by atoms with Crippen LogP contribution >= 0.6 is 11.3 Å². The fourth-order valence-electron chi connectivity index (χ4n) is 3.09. The van der Waals surface area contributed by atoms with Gasteiger partial charge in [0, 0.05) is 25.2 Å². The molecule has 0 unspecified atom stereocenters. The number of thiophene rings is 1. The topological polar surface area (TPSA) is 58.1 Å². The van der Waals surface area contributed by atoms with E-state index < -0.39 is 0 Å². The molecule has 0 atom stereocenters. The van der Waals surface area contributed by atoms with Gasteiger partial charge in [-0.05, 0) is 35.9 Å². The second kappa shape index (κ2) is 6.20. The predicted octanol–water partition coefficient (Wildman–Crippen LogP) is 3.11. The lowest BCUT2D eigenvalue weighted by Gasteiger charge is -2.28. The first-order valence-electron chi connectivity index (χ1n) is 8.04. The molecule has 4 rings (SSSR count). The van der Waals surface area contributed by atoms with Crippen LogP contribution in [0.2, 0.25) is 0 Å². The zero-order valence-electron chi connectivity index (χ0n) is 13.5. The molecule has 1 N–H and O–H groups in total. The van der Waals surface area contributed by atoms with Crippen molar-refractivity contribution in [3.63, 3.8) is 0 Å². The van der Waals surface area contributed by atoms with Crippen molar-refractivity contribution in [2.45, 2.75) is 13.3 Å². The highest BCUT2D eigenvalue weighted by Crippen LogP contribution is 2.28. The van der Waals surface area contributed by atoms with Gasteiger partial charge in [-0.25, -0.2) is 9.97 Å². The molecule has 1 aliphatic heterocycles. The molecule has 1 amide bonds. The molecule has 0 radical (unpaired) electrons. The average Bonchev–Trinajstić information content (AvgIpc) is 2.99. The Hall–Kier alpha value is -2.47. The zero-order valence-corrected chi connectivity index (χ0v) is 14.3. The highest BCUT2D eigenvalue weighted by atomic mass is 32.1. The third-order valence-electron chi connectivity index (χ3n) is 4.39. The maximum atomic E-state index is 12.5. The number of carbonyl (C=O) groups excluding carboxylic acids is 1. The first-order chi connectivity index (χ1) is 11.7. The molecule has 0 aliphatic carbocycles. The van der Waals surface area contributed by atoms with Crippen molar-refractivity contribution in [1.82, 2.24) is 14.9 Å². The summed E-state index contributed by atoms with van der Waals surface area (Å²) in [6.07, 6.45) is 2.51. The van der Waals surface area contributed by atoms with Gasteiger partial charge in [0.15, 0.2) is 0 Å². The summed E-state index contributed by atoms with van der Waals surface area (Å²) in [4.78, 5) is 23.1. The lowest BCUT2D eigenvalue weighted by Crippen LogP contribution is -2.40. The Balaban J connectivity index is 1.44. The molecule has 0 spiro atoms. The van der Waals surface area contributed by atoms with Crippen molar-refractivity contribution in [1.29, 1.82) is 0 Å². The lowest BCUT2D eigenvalue weighted by molar-refractivity contribution is 0.0746. The fraction of sp³-hybridized carbons (Fsp3) is 0.278. The molecule has 2 aromatic heterocycles. The molecule has 0 saturated heterocycles. The smallest absolute Gasteiger partial charge is 0.254 e. The standard InChI is InChI=1S/C18H18N4OS/c1-12-10-24-16-15(12)20-11-21-17(16)19-7-9-22-8-6-13-4-2-3-5-14(13)18(22)23/h2-5,10-11H,6-9H2,1H3,(H,19,20,21). The van der Waals surface area contributed by atoms with Crippen molar-refractivity contribution < 1.29 is 4.79 Å². The minimum absolute atomic E-state index is 0.124. The van der Waals surface area contributed by atoms with Crippen LogP contribution in [0, 0.1) is 6.92 Å². The fourth-order valence-corrected chi connectivity index (χ4v) is 4.06. The van der Waals surface area contributed by atoms with Crippen LogP contribution in [-0.4, -0.2) is 40.4 Å². The number of anilines is 1. The van der Waals surface area contributed by atoms with E-state index in [2.05, 4.69) is 27.6 Å². The maximum absolute atomic E-state index is 12.5. The van der Waals surface area contributed by atoms with Gasteiger partial charge in [-0.1, -0.05) is 18.2 Å². The van der Waals surface area contributed by atoms with Crippen molar-refractivity contribution in [3.05, 3.63) is 52.7 Å². The Morgan fingerprint density at radius 1 is 1.29 bits per heavy atom. The highest BCUT2D eigenvalue weighted by molar-refractivity contribution is 7.18. The Morgan fingerprint density at radius 2 is 2.17 bits per heavy atom. The second-order valence-electron chi connectivity index (χ2n) is 5.94. The molecule has 24 heavy (non-hydrogen) atoms. The van der Waals surface area contributed by atoms with Gasteiger partial charge in [0.25, 0.3) is 5.91 Å². The number of amides is 1. The minimum Gasteiger partial charge on any atom is -0.367 e. The molecule has 0 bridgehead atoms. The number of aryl methyl sites for hydroxylation is 1. The average molecular weight is 338 g/mol. The molecule has 0 saturated carbocycles. The molecule has 3 aromatic rings. The molecule has 6 heteroatoms. The number of fused-ring (bicyclic) bond motifs is 2. The van der Waals surface area contributed by atoms with Gasteiger partial charge in [0.2, 0.25) is 0 Å². The van der Waals surface area contributed by atoms with Gasteiger partial charge in [-0.15, -0.1) is 11.3 Å². The van der Waals surface area contributed by atoms with Crippen molar-refractivity contribution >= 4 is 33.3 Å². The Morgan fingerprint density at radius 3 is 3.08 bits per heavy atom. The number of rotatable bonds is 4. The summed E-state index contributed by atoms with van der Waals surface area (Å²) in [6.45, 7) is 4.17. The first-order valence-corrected chi connectivity index (χ1v) is 8.92. The Bertz CT molecular complexity index is 905. The second-order valence-corrected chi connectivity index (χ2v) is 6.82. The zero-order chi connectivity index (χ0) is 16.5. The van der Waals surface area contributed by atoms with E-state index in [-0.39, 0.29) is 5.91 Å². The summed E-state index contributed by atoms with van der Waals surface area (Å²) >= 11 is 1.65. The summed E-state index contributed by atoms with van der Waals surface area (Å²) < 4.78 is 1.07. The third-order valence-corrected chi connectivity index (χ3v) is 5.48. The number of aromatic nitrogens is 2. The van der Waals surface area contributed by atoms with Crippen LogP contribution in [0.15, 0.2) is 36.0 Å². The van der Waals surface area contributed by atoms with Crippen LogP contribution in [0.25, 0.3) is 10.2 Å². The van der Waals surface area contributed by atoms with Gasteiger partial charge < -0.3 is 10.2 Å². The molecule has 3 heterocycles. The number of hydrogen-bond donors (Lipinski definition) is 1. The monoisotopic (exact) mass is 338 g/mol. The van der Waals surface area contributed by atoms with Crippen LogP contribution in [0.1, 0.15) is 21.5 Å². The molecule has 122 valence electrons. The molecular formula is C18H18N4OS. The molecular weight excluding hydrogens is 320 g/mol. The largest absolute Gasteiger partial charge is 0.367 e. The summed E-state index contributed by atoms with van der Waals surface area (Å²) in [6, 6.07) is 7.88. The molecule has 0 fully saturated rings. The highest BCUT2D eigenvalue weighted by Gasteiger charge is 2.23. The van der Waals surface area contributed by atoms with E-state index in [9.17, 15) is 4.79 Å². The van der Waals surface area contributed by atoms with Gasteiger partial charge in [-0.2, -0.15) is 0 Å². The number of benzene rings is 1. The van der Waals surface area contributed by atoms with Crippen molar-refractivity contribution in [2.75, 3.05) is 25.0 Å². The van der Waals surface area contributed by atoms with Crippen molar-refractivity contribution in [2.24, 2.45) is 0 Å². The molecule has 1 aromatic carbocycles. The van der Waals surface area contributed by atoms with E-state index in [0.717, 1.165) is 40.1 Å². The summed E-state index contributed by atoms with van der Waals surface area (Å²) in [5.41, 5.74) is 4.16. The normalized spacial score (nSPS) is 14.0. The van der Waals surface area contributed by atoms with Crippen molar-refractivity contribution in [3.8, 4) is 0 Å². The van der Waals surface area contributed by atoms with E-state index in [0.29, 0.717) is 13.1 Å². The number of nitrogens with one attached hydrogen (secondary N) is 1. The number of hydrogen-bond acceptors (Lipinski definition) is 5. The van der Waals surface area contributed by atoms with E-state index >= 15 is 0 Å². The Kier molecular flexibility index (Phi) is 3.90. The summed E-state index contributed by atoms with van der Waals surface area (Å²) in [5.74, 6) is 0.974. The van der Waals surface area contributed by atoms with Gasteiger partial charge in [0.05, 0.1) is 10.2 Å². The lowest BCUT2D eigenvalue weighted by atomic mass is 9.99. The van der Waals surface area contributed by atoms with Crippen LogP contribution in [-0.2, 0) is 6.42 Å². The van der Waals surface area contributed by atoms with Crippen LogP contribution in [0.4, 0.5) is 5.82 Å². The summed E-state index contributed by atoms with van der Waals surface area (Å²) in [7, 11) is 0. The quantitative estimate of drug-likeness (QED) is 0.794. The van der Waals surface area contributed by atoms with Gasteiger partial charge in [0.1, 0.15) is 12.1 Å². The molecule has 5 nitrogen and oxygen atoms in total. The van der Waals surface area contributed by atoms with Gasteiger partial charge >= 0.3 is 0 Å². The van der Waals surface area contributed by atoms with Crippen LogP contribution < -0.4 is 5.32 Å².